The minimum Gasteiger partial charge on any atom is -0.472 e. The van der Waals surface area contributed by atoms with Crippen LogP contribution in [0.25, 0.3) is 0 Å². The van der Waals surface area contributed by atoms with Crippen LogP contribution in [0.4, 0.5) is 5.95 Å². The van der Waals surface area contributed by atoms with Crippen LogP contribution in [-0.4, -0.2) is 16.5 Å². The Labute approximate surface area is 121 Å². The Morgan fingerprint density at radius 2 is 1.95 bits per heavy atom. The van der Waals surface area contributed by atoms with Gasteiger partial charge in [0, 0.05) is 11.6 Å². The zero-order valence-corrected chi connectivity index (χ0v) is 11.9. The van der Waals surface area contributed by atoms with Crippen LogP contribution in [0.1, 0.15) is 12.5 Å². The fraction of sp³-hybridized carbons (Fsp3) is 0.231. The van der Waals surface area contributed by atoms with E-state index in [1.807, 2.05) is 31.2 Å². The lowest BCUT2D eigenvalue weighted by atomic mass is 10.2. The average Bonchev–Trinajstić information content (AvgIpc) is 2.41. The standard InChI is InChI=1S/C13H13Cl2N3O/c1-2-16-13-17-7-11(15)12(18-13)19-8-9-3-5-10(14)6-4-9/h3-7H,2,8H2,1H3,(H,16,17,18). The second kappa shape index (κ2) is 6.59. The zero-order chi connectivity index (χ0) is 13.7. The quantitative estimate of drug-likeness (QED) is 0.912. The number of aromatic nitrogens is 2. The van der Waals surface area contributed by atoms with Gasteiger partial charge in [-0.2, -0.15) is 4.98 Å². The van der Waals surface area contributed by atoms with E-state index in [-0.39, 0.29) is 0 Å². The predicted molar refractivity (Wildman–Crippen MR) is 77.0 cm³/mol. The highest BCUT2D eigenvalue weighted by atomic mass is 35.5. The number of benzene rings is 1. The van der Waals surface area contributed by atoms with Gasteiger partial charge >= 0.3 is 0 Å². The molecule has 0 aliphatic rings. The largest absolute Gasteiger partial charge is 0.472 e. The van der Waals surface area contributed by atoms with Gasteiger partial charge in [-0.1, -0.05) is 35.3 Å². The van der Waals surface area contributed by atoms with Crippen molar-refractivity contribution in [2.24, 2.45) is 0 Å². The summed E-state index contributed by atoms with van der Waals surface area (Å²) in [5.41, 5.74) is 0.990. The summed E-state index contributed by atoms with van der Waals surface area (Å²) >= 11 is 11.8. The van der Waals surface area contributed by atoms with Crippen molar-refractivity contribution in [1.29, 1.82) is 0 Å². The van der Waals surface area contributed by atoms with E-state index in [1.54, 1.807) is 0 Å². The van der Waals surface area contributed by atoms with E-state index >= 15 is 0 Å². The zero-order valence-electron chi connectivity index (χ0n) is 10.4. The van der Waals surface area contributed by atoms with Crippen LogP contribution in [-0.2, 0) is 6.61 Å². The lowest BCUT2D eigenvalue weighted by molar-refractivity contribution is 0.294. The molecule has 0 spiro atoms. The highest BCUT2D eigenvalue weighted by Gasteiger charge is 2.06. The van der Waals surface area contributed by atoms with E-state index in [0.29, 0.717) is 28.5 Å². The maximum Gasteiger partial charge on any atom is 0.237 e. The molecule has 100 valence electrons. The number of anilines is 1. The van der Waals surface area contributed by atoms with E-state index in [9.17, 15) is 0 Å². The highest BCUT2D eigenvalue weighted by Crippen LogP contribution is 2.23. The highest BCUT2D eigenvalue weighted by molar-refractivity contribution is 6.31. The van der Waals surface area contributed by atoms with Crippen molar-refractivity contribution in [3.05, 3.63) is 46.1 Å². The molecule has 0 bridgehead atoms. The Morgan fingerprint density at radius 3 is 2.63 bits per heavy atom. The molecule has 0 radical (unpaired) electrons. The third-order valence-electron chi connectivity index (χ3n) is 2.34. The molecule has 0 fully saturated rings. The number of halogens is 2. The minimum absolute atomic E-state index is 0.363. The van der Waals surface area contributed by atoms with Gasteiger partial charge < -0.3 is 10.1 Å². The van der Waals surface area contributed by atoms with Gasteiger partial charge in [0.2, 0.25) is 11.8 Å². The lowest BCUT2D eigenvalue weighted by Gasteiger charge is -2.08. The summed E-state index contributed by atoms with van der Waals surface area (Å²) in [5, 5.41) is 4.08. The second-order valence-corrected chi connectivity index (χ2v) is 4.64. The maximum absolute atomic E-state index is 5.99. The predicted octanol–water partition coefficient (Wildman–Crippen LogP) is 3.79. The molecule has 0 saturated carbocycles. The van der Waals surface area contributed by atoms with E-state index in [1.165, 1.54) is 6.20 Å². The molecular formula is C13H13Cl2N3O. The smallest absolute Gasteiger partial charge is 0.237 e. The Morgan fingerprint density at radius 1 is 1.21 bits per heavy atom. The molecule has 1 heterocycles. The summed E-state index contributed by atoms with van der Waals surface area (Å²) in [6.45, 7) is 3.07. The molecule has 1 aromatic carbocycles. The van der Waals surface area contributed by atoms with Gasteiger partial charge in [0.1, 0.15) is 11.6 Å². The molecule has 0 amide bonds. The average molecular weight is 298 g/mol. The number of nitrogens with zero attached hydrogens (tertiary/aromatic N) is 2. The molecule has 0 saturated heterocycles. The number of hydrogen-bond acceptors (Lipinski definition) is 4. The summed E-state index contributed by atoms with van der Waals surface area (Å²) in [6.07, 6.45) is 1.52. The minimum atomic E-state index is 0.363. The first-order chi connectivity index (χ1) is 9.19. The van der Waals surface area contributed by atoms with E-state index < -0.39 is 0 Å². The van der Waals surface area contributed by atoms with Crippen molar-refractivity contribution >= 4 is 29.2 Å². The molecule has 0 aliphatic heterocycles. The number of nitrogens with one attached hydrogen (secondary N) is 1. The first-order valence-corrected chi connectivity index (χ1v) is 6.58. The van der Waals surface area contributed by atoms with E-state index in [2.05, 4.69) is 15.3 Å². The number of rotatable bonds is 5. The van der Waals surface area contributed by atoms with Crippen molar-refractivity contribution < 1.29 is 4.74 Å². The van der Waals surface area contributed by atoms with E-state index in [0.717, 1.165) is 12.1 Å². The van der Waals surface area contributed by atoms with Crippen LogP contribution in [0.5, 0.6) is 5.88 Å². The molecule has 0 unspecified atom stereocenters. The Kier molecular flexibility index (Phi) is 4.82. The first kappa shape index (κ1) is 13.9. The van der Waals surface area contributed by atoms with Gasteiger partial charge in [0.05, 0.1) is 6.20 Å². The molecule has 6 heteroatoms. The third-order valence-corrected chi connectivity index (χ3v) is 2.85. The van der Waals surface area contributed by atoms with Crippen molar-refractivity contribution in [1.82, 2.24) is 9.97 Å². The van der Waals surface area contributed by atoms with Crippen LogP contribution in [0.3, 0.4) is 0 Å². The molecule has 0 atom stereocenters. The molecular weight excluding hydrogens is 285 g/mol. The normalized spacial score (nSPS) is 10.3. The van der Waals surface area contributed by atoms with Crippen LogP contribution >= 0.6 is 23.2 Å². The summed E-state index contributed by atoms with van der Waals surface area (Å²) in [5.74, 6) is 0.862. The Bertz CT molecular complexity index is 546. The molecule has 4 nitrogen and oxygen atoms in total. The first-order valence-electron chi connectivity index (χ1n) is 5.82. The summed E-state index contributed by atoms with van der Waals surface area (Å²) in [7, 11) is 0. The van der Waals surface area contributed by atoms with Gasteiger partial charge in [-0.25, -0.2) is 4.98 Å². The van der Waals surface area contributed by atoms with Crippen LogP contribution < -0.4 is 10.1 Å². The summed E-state index contributed by atoms with van der Waals surface area (Å²) in [4.78, 5) is 8.24. The van der Waals surface area contributed by atoms with Crippen LogP contribution in [0.2, 0.25) is 10.0 Å². The van der Waals surface area contributed by atoms with Crippen molar-refractivity contribution in [2.45, 2.75) is 13.5 Å². The fourth-order valence-corrected chi connectivity index (χ4v) is 1.70. The van der Waals surface area contributed by atoms with Crippen LogP contribution in [0, 0.1) is 0 Å². The van der Waals surface area contributed by atoms with Gasteiger partial charge in [-0.05, 0) is 24.6 Å². The second-order valence-electron chi connectivity index (χ2n) is 3.79. The van der Waals surface area contributed by atoms with Crippen LogP contribution in [0.15, 0.2) is 30.5 Å². The number of ether oxygens (including phenoxy) is 1. The monoisotopic (exact) mass is 297 g/mol. The number of hydrogen-bond donors (Lipinski definition) is 1. The molecule has 19 heavy (non-hydrogen) atoms. The molecule has 1 N–H and O–H groups in total. The van der Waals surface area contributed by atoms with Crippen molar-refractivity contribution in [3.8, 4) is 5.88 Å². The molecule has 1 aromatic heterocycles. The van der Waals surface area contributed by atoms with Crippen molar-refractivity contribution in [2.75, 3.05) is 11.9 Å². The van der Waals surface area contributed by atoms with Gasteiger partial charge in [-0.15, -0.1) is 0 Å². The Hall–Kier alpha value is -1.52. The molecule has 2 rings (SSSR count). The topological polar surface area (TPSA) is 47.0 Å². The molecule has 0 aliphatic carbocycles. The summed E-state index contributed by atoms with van der Waals surface area (Å²) < 4.78 is 5.58. The van der Waals surface area contributed by atoms with Gasteiger partial charge in [0.15, 0.2) is 0 Å². The van der Waals surface area contributed by atoms with E-state index in [4.69, 9.17) is 27.9 Å². The van der Waals surface area contributed by atoms with Gasteiger partial charge in [0.25, 0.3) is 0 Å². The SMILES string of the molecule is CCNc1ncc(Cl)c(OCc2ccc(Cl)cc2)n1. The van der Waals surface area contributed by atoms with Crippen molar-refractivity contribution in [3.63, 3.8) is 0 Å². The fourth-order valence-electron chi connectivity index (χ4n) is 1.43. The summed E-state index contributed by atoms with van der Waals surface area (Å²) in [6, 6.07) is 7.41. The Balaban J connectivity index is 2.05. The van der Waals surface area contributed by atoms with Gasteiger partial charge in [-0.3, -0.25) is 0 Å². The molecule has 2 aromatic rings. The lowest BCUT2D eigenvalue weighted by Crippen LogP contribution is -2.04. The third kappa shape index (κ3) is 3.98. The maximum atomic E-state index is 5.99.